The molecule has 0 aromatic rings. The van der Waals surface area contributed by atoms with Crippen LogP contribution in [0.25, 0.3) is 0 Å². The van der Waals surface area contributed by atoms with Gasteiger partial charge in [-0.05, 0) is 18.8 Å². The molecule has 0 N–H and O–H groups in total. The SMILES string of the molecule is O=C(CBr)N1C(=O)CC2CCCCC21. The van der Waals surface area contributed by atoms with Crippen molar-refractivity contribution in [2.75, 3.05) is 5.33 Å². The molecule has 1 saturated carbocycles. The van der Waals surface area contributed by atoms with E-state index >= 15 is 0 Å². The Morgan fingerprint density at radius 1 is 1.43 bits per heavy atom. The number of amides is 2. The van der Waals surface area contributed by atoms with Gasteiger partial charge in [0.05, 0.1) is 5.33 Å². The van der Waals surface area contributed by atoms with Gasteiger partial charge >= 0.3 is 0 Å². The maximum atomic E-state index is 11.6. The lowest BCUT2D eigenvalue weighted by molar-refractivity contribution is -0.142. The molecule has 1 saturated heterocycles. The minimum Gasteiger partial charge on any atom is -0.278 e. The molecule has 0 bridgehead atoms. The molecule has 2 aliphatic rings. The zero-order valence-corrected chi connectivity index (χ0v) is 9.63. The van der Waals surface area contributed by atoms with Gasteiger partial charge < -0.3 is 0 Å². The van der Waals surface area contributed by atoms with Crippen molar-refractivity contribution < 1.29 is 9.59 Å². The zero-order valence-electron chi connectivity index (χ0n) is 8.04. The van der Waals surface area contributed by atoms with Crippen molar-refractivity contribution >= 4 is 27.7 Å². The number of fused-ring (bicyclic) bond motifs is 1. The summed E-state index contributed by atoms with van der Waals surface area (Å²) in [4.78, 5) is 24.7. The number of carbonyl (C=O) groups is 2. The number of nitrogens with zero attached hydrogens (tertiary/aromatic N) is 1. The van der Waals surface area contributed by atoms with Crippen LogP contribution >= 0.6 is 15.9 Å². The highest BCUT2D eigenvalue weighted by Crippen LogP contribution is 2.36. The van der Waals surface area contributed by atoms with Crippen molar-refractivity contribution in [1.29, 1.82) is 0 Å². The summed E-state index contributed by atoms with van der Waals surface area (Å²) in [6.07, 6.45) is 5.08. The van der Waals surface area contributed by atoms with E-state index in [1.165, 1.54) is 11.3 Å². The molecule has 1 aliphatic heterocycles. The molecule has 2 rings (SSSR count). The maximum Gasteiger partial charge on any atom is 0.240 e. The van der Waals surface area contributed by atoms with Crippen LogP contribution < -0.4 is 0 Å². The van der Waals surface area contributed by atoms with E-state index in [1.807, 2.05) is 0 Å². The minimum atomic E-state index is -0.0654. The monoisotopic (exact) mass is 259 g/mol. The van der Waals surface area contributed by atoms with Gasteiger partial charge in [0.15, 0.2) is 0 Å². The van der Waals surface area contributed by atoms with Crippen molar-refractivity contribution in [2.45, 2.75) is 38.1 Å². The van der Waals surface area contributed by atoms with E-state index in [4.69, 9.17) is 0 Å². The van der Waals surface area contributed by atoms with E-state index < -0.39 is 0 Å². The molecule has 2 amide bonds. The largest absolute Gasteiger partial charge is 0.278 e. The van der Waals surface area contributed by atoms with Crippen LogP contribution in [0.15, 0.2) is 0 Å². The Labute approximate surface area is 92.0 Å². The third-order valence-electron chi connectivity index (χ3n) is 3.29. The third-order valence-corrected chi connectivity index (χ3v) is 3.77. The van der Waals surface area contributed by atoms with Crippen molar-refractivity contribution in [1.82, 2.24) is 4.90 Å². The lowest BCUT2D eigenvalue weighted by Crippen LogP contribution is -2.41. The summed E-state index contributed by atoms with van der Waals surface area (Å²) in [5.41, 5.74) is 0. The predicted molar refractivity (Wildman–Crippen MR) is 56.0 cm³/mol. The molecule has 2 atom stereocenters. The lowest BCUT2D eigenvalue weighted by Gasteiger charge is -2.29. The number of hydrogen-bond acceptors (Lipinski definition) is 2. The summed E-state index contributed by atoms with van der Waals surface area (Å²) in [6.45, 7) is 0. The second-order valence-corrected chi connectivity index (χ2v) is 4.67. The Morgan fingerprint density at radius 3 is 2.86 bits per heavy atom. The molecular formula is C10H14BrNO2. The van der Waals surface area contributed by atoms with Crippen LogP contribution in [0, 0.1) is 5.92 Å². The Kier molecular flexibility index (Phi) is 2.91. The highest BCUT2D eigenvalue weighted by Gasteiger charge is 2.43. The third kappa shape index (κ3) is 1.60. The number of hydrogen-bond donors (Lipinski definition) is 0. The molecule has 2 fully saturated rings. The number of carbonyl (C=O) groups excluding carboxylic acids is 2. The second kappa shape index (κ2) is 4.01. The predicted octanol–water partition coefficient (Wildman–Crippen LogP) is 1.70. The fourth-order valence-corrected chi connectivity index (χ4v) is 2.93. The van der Waals surface area contributed by atoms with E-state index in [-0.39, 0.29) is 23.2 Å². The Bertz CT molecular complexity index is 267. The van der Waals surface area contributed by atoms with Crippen LogP contribution in [0.4, 0.5) is 0 Å². The van der Waals surface area contributed by atoms with Crippen LogP contribution in [0.2, 0.25) is 0 Å². The summed E-state index contributed by atoms with van der Waals surface area (Å²) in [7, 11) is 0. The molecule has 2 unspecified atom stereocenters. The summed E-state index contributed by atoms with van der Waals surface area (Å²) >= 11 is 3.13. The van der Waals surface area contributed by atoms with Gasteiger partial charge in [0.1, 0.15) is 0 Å². The summed E-state index contributed by atoms with van der Waals surface area (Å²) in [6, 6.07) is 0.210. The molecule has 3 nitrogen and oxygen atoms in total. The molecule has 0 spiro atoms. The fraction of sp³-hybridized carbons (Fsp3) is 0.800. The number of imide groups is 1. The lowest BCUT2D eigenvalue weighted by atomic mass is 9.85. The van der Waals surface area contributed by atoms with Crippen molar-refractivity contribution in [2.24, 2.45) is 5.92 Å². The van der Waals surface area contributed by atoms with Crippen LogP contribution in [0.3, 0.4) is 0 Å². The number of alkyl halides is 1. The number of rotatable bonds is 1. The Hall–Kier alpha value is -0.380. The highest BCUT2D eigenvalue weighted by molar-refractivity contribution is 9.09. The molecular weight excluding hydrogens is 246 g/mol. The first kappa shape index (κ1) is 10.1. The van der Waals surface area contributed by atoms with Gasteiger partial charge in [-0.2, -0.15) is 0 Å². The fourth-order valence-electron chi connectivity index (χ4n) is 2.66. The smallest absolute Gasteiger partial charge is 0.240 e. The molecule has 1 aliphatic carbocycles. The molecule has 1 heterocycles. The average Bonchev–Trinajstić information content (AvgIpc) is 2.53. The van der Waals surface area contributed by atoms with E-state index in [9.17, 15) is 9.59 Å². The standard InChI is InChI=1S/C10H14BrNO2/c11-6-10(14)12-8-4-2-1-3-7(8)5-9(12)13/h7-8H,1-6H2. The van der Waals surface area contributed by atoms with Gasteiger partial charge in [-0.3, -0.25) is 14.5 Å². The Balaban J connectivity index is 2.15. The topological polar surface area (TPSA) is 37.4 Å². The van der Waals surface area contributed by atoms with E-state index in [2.05, 4.69) is 15.9 Å². The van der Waals surface area contributed by atoms with Crippen molar-refractivity contribution in [3.8, 4) is 0 Å². The van der Waals surface area contributed by atoms with Gasteiger partial charge in [0.2, 0.25) is 11.8 Å². The first-order valence-electron chi connectivity index (χ1n) is 5.15. The average molecular weight is 260 g/mol. The Morgan fingerprint density at radius 2 is 2.14 bits per heavy atom. The first-order valence-corrected chi connectivity index (χ1v) is 6.27. The van der Waals surface area contributed by atoms with Crippen LogP contribution in [0.1, 0.15) is 32.1 Å². The van der Waals surface area contributed by atoms with Gasteiger partial charge in [-0.15, -0.1) is 0 Å². The minimum absolute atomic E-state index is 0.0337. The number of halogens is 1. The zero-order chi connectivity index (χ0) is 10.1. The highest BCUT2D eigenvalue weighted by atomic mass is 79.9. The first-order chi connectivity index (χ1) is 6.74. The van der Waals surface area contributed by atoms with Gasteiger partial charge in [-0.25, -0.2) is 0 Å². The van der Waals surface area contributed by atoms with E-state index in [0.29, 0.717) is 12.3 Å². The quantitative estimate of drug-likeness (QED) is 0.673. The summed E-state index contributed by atoms with van der Waals surface area (Å²) in [5, 5.41) is 0.266. The molecule has 78 valence electrons. The van der Waals surface area contributed by atoms with Gasteiger partial charge in [-0.1, -0.05) is 28.8 Å². The molecule has 0 radical (unpaired) electrons. The van der Waals surface area contributed by atoms with Gasteiger partial charge in [0.25, 0.3) is 0 Å². The van der Waals surface area contributed by atoms with E-state index in [1.54, 1.807) is 0 Å². The van der Waals surface area contributed by atoms with Crippen molar-refractivity contribution in [3.05, 3.63) is 0 Å². The molecule has 4 heteroatoms. The molecule has 0 aromatic heterocycles. The summed E-state index contributed by atoms with van der Waals surface area (Å²) in [5.74, 6) is 0.412. The normalized spacial score (nSPS) is 31.8. The molecule has 0 aromatic carbocycles. The van der Waals surface area contributed by atoms with Crippen LogP contribution in [-0.2, 0) is 9.59 Å². The second-order valence-electron chi connectivity index (χ2n) is 4.11. The van der Waals surface area contributed by atoms with Crippen LogP contribution in [0.5, 0.6) is 0 Å². The summed E-state index contributed by atoms with van der Waals surface area (Å²) < 4.78 is 0. The number of likely N-dealkylation sites (tertiary alicyclic amines) is 1. The maximum absolute atomic E-state index is 11.6. The van der Waals surface area contributed by atoms with Crippen LogP contribution in [-0.4, -0.2) is 28.1 Å². The molecule has 14 heavy (non-hydrogen) atoms. The van der Waals surface area contributed by atoms with Gasteiger partial charge in [0, 0.05) is 12.5 Å². The van der Waals surface area contributed by atoms with E-state index in [0.717, 1.165) is 19.3 Å². The van der Waals surface area contributed by atoms with Crippen molar-refractivity contribution in [3.63, 3.8) is 0 Å².